The lowest BCUT2D eigenvalue weighted by Gasteiger charge is -2.15. The van der Waals surface area contributed by atoms with Gasteiger partial charge in [0.1, 0.15) is 11.8 Å². The molecule has 0 atom stereocenters. The third-order valence-corrected chi connectivity index (χ3v) is 2.61. The van der Waals surface area contributed by atoms with E-state index in [1.165, 1.54) is 12.8 Å². The van der Waals surface area contributed by atoms with E-state index in [0.717, 1.165) is 37.2 Å². The van der Waals surface area contributed by atoms with Crippen molar-refractivity contribution in [2.75, 3.05) is 25.1 Å². The normalized spacial score (nSPS) is 13.6. The number of rotatable bonds is 1. The van der Waals surface area contributed by atoms with Crippen molar-refractivity contribution in [2.45, 2.75) is 12.8 Å². The van der Waals surface area contributed by atoms with Crippen molar-refractivity contribution in [3.05, 3.63) is 25.8 Å². The highest BCUT2D eigenvalue weighted by Gasteiger charge is 2.17. The summed E-state index contributed by atoms with van der Waals surface area (Å²) in [5.41, 5.74) is 1.70. The van der Waals surface area contributed by atoms with Crippen molar-refractivity contribution in [2.24, 2.45) is 0 Å². The number of aromatic amines is 1. The van der Waals surface area contributed by atoms with E-state index in [4.69, 9.17) is 5.11 Å². The van der Waals surface area contributed by atoms with Crippen molar-refractivity contribution < 1.29 is 5.11 Å². The Balaban J connectivity index is 0.000000371. The molecule has 1 saturated heterocycles. The second kappa shape index (κ2) is 7.39. The largest absolute Gasteiger partial charge is 0.400 e. The maximum absolute atomic E-state index is 7.00. The summed E-state index contributed by atoms with van der Waals surface area (Å²) < 4.78 is 0. The number of aromatic nitrogens is 4. The van der Waals surface area contributed by atoms with Crippen LogP contribution in [0.1, 0.15) is 12.8 Å². The molecule has 2 aromatic rings. The number of imidazole rings is 1. The van der Waals surface area contributed by atoms with Crippen molar-refractivity contribution in [1.82, 2.24) is 19.9 Å². The minimum Gasteiger partial charge on any atom is -0.400 e. The van der Waals surface area contributed by atoms with Crippen LogP contribution in [0.2, 0.25) is 0 Å². The Morgan fingerprint density at radius 1 is 1.17 bits per heavy atom. The zero-order valence-corrected chi connectivity index (χ0v) is 10.6. The standard InChI is InChI=1S/C9H11N5.C2H4.CH4O/c1-2-4-14(3-1)9-7-8(11-5-10-7)12-6-13-9;2*1-2/h5-6H,1-4H2,(H,10,11,12,13);1-2H2;2H,1H3. The van der Waals surface area contributed by atoms with Crippen LogP contribution in [-0.4, -0.2) is 45.2 Å². The molecule has 18 heavy (non-hydrogen) atoms. The first-order valence-corrected chi connectivity index (χ1v) is 5.79. The van der Waals surface area contributed by atoms with E-state index >= 15 is 0 Å². The van der Waals surface area contributed by atoms with E-state index in [1.54, 1.807) is 12.7 Å². The summed E-state index contributed by atoms with van der Waals surface area (Å²) in [6, 6.07) is 0. The average Bonchev–Trinajstić information content (AvgIpc) is 3.14. The SMILES string of the molecule is C=C.CO.c1nc(N2CCCC2)c2[nH]cnc2n1. The average molecular weight is 249 g/mol. The lowest BCUT2D eigenvalue weighted by molar-refractivity contribution is 0.399. The Bertz CT molecular complexity index is 464. The zero-order chi connectivity index (χ0) is 13.4. The van der Waals surface area contributed by atoms with Gasteiger partial charge in [0.25, 0.3) is 0 Å². The smallest absolute Gasteiger partial charge is 0.182 e. The predicted octanol–water partition coefficient (Wildman–Crippen LogP) is 1.36. The number of H-pyrrole nitrogens is 1. The van der Waals surface area contributed by atoms with E-state index in [2.05, 4.69) is 38.0 Å². The molecule has 0 bridgehead atoms. The van der Waals surface area contributed by atoms with Crippen LogP contribution >= 0.6 is 0 Å². The predicted molar refractivity (Wildman–Crippen MR) is 72.5 cm³/mol. The minimum atomic E-state index is 0.752. The van der Waals surface area contributed by atoms with Gasteiger partial charge in [-0.2, -0.15) is 0 Å². The molecule has 1 aliphatic heterocycles. The van der Waals surface area contributed by atoms with E-state index in [9.17, 15) is 0 Å². The second-order valence-electron chi connectivity index (χ2n) is 3.49. The van der Waals surface area contributed by atoms with Gasteiger partial charge in [0.15, 0.2) is 11.5 Å². The number of hydrogen-bond donors (Lipinski definition) is 2. The van der Waals surface area contributed by atoms with Gasteiger partial charge in [-0.25, -0.2) is 15.0 Å². The monoisotopic (exact) mass is 249 g/mol. The van der Waals surface area contributed by atoms with E-state index in [-0.39, 0.29) is 0 Å². The van der Waals surface area contributed by atoms with Gasteiger partial charge >= 0.3 is 0 Å². The Labute approximate surface area is 106 Å². The van der Waals surface area contributed by atoms with Crippen LogP contribution in [0.15, 0.2) is 25.8 Å². The van der Waals surface area contributed by atoms with Gasteiger partial charge in [-0.05, 0) is 12.8 Å². The van der Waals surface area contributed by atoms with Crippen molar-refractivity contribution in [3.63, 3.8) is 0 Å². The summed E-state index contributed by atoms with van der Waals surface area (Å²) >= 11 is 0. The number of hydrogen-bond acceptors (Lipinski definition) is 5. The lowest BCUT2D eigenvalue weighted by atomic mass is 10.4. The summed E-state index contributed by atoms with van der Waals surface area (Å²) in [6.45, 7) is 8.18. The van der Waals surface area contributed by atoms with Crippen LogP contribution in [0, 0.1) is 0 Å². The molecule has 0 unspecified atom stereocenters. The molecule has 2 N–H and O–H groups in total. The molecule has 0 saturated carbocycles. The quantitative estimate of drug-likeness (QED) is 0.746. The Morgan fingerprint density at radius 2 is 1.83 bits per heavy atom. The first-order valence-electron chi connectivity index (χ1n) is 5.79. The summed E-state index contributed by atoms with van der Waals surface area (Å²) in [4.78, 5) is 17.9. The maximum Gasteiger partial charge on any atom is 0.182 e. The number of anilines is 1. The molecule has 6 heteroatoms. The Morgan fingerprint density at radius 3 is 2.50 bits per heavy atom. The van der Waals surface area contributed by atoms with Crippen LogP contribution in [0.4, 0.5) is 5.82 Å². The van der Waals surface area contributed by atoms with Crippen LogP contribution < -0.4 is 4.90 Å². The van der Waals surface area contributed by atoms with Crippen LogP contribution in [-0.2, 0) is 0 Å². The van der Waals surface area contributed by atoms with Crippen molar-refractivity contribution >= 4 is 17.0 Å². The summed E-state index contributed by atoms with van der Waals surface area (Å²) in [5.74, 6) is 0.991. The molecule has 0 aromatic carbocycles. The van der Waals surface area contributed by atoms with Crippen LogP contribution in [0.5, 0.6) is 0 Å². The number of nitrogens with one attached hydrogen (secondary N) is 1. The number of aliphatic hydroxyl groups excluding tert-OH is 1. The topological polar surface area (TPSA) is 77.9 Å². The van der Waals surface area contributed by atoms with Crippen LogP contribution in [0.25, 0.3) is 11.2 Å². The third kappa shape index (κ3) is 2.84. The molecule has 0 spiro atoms. The molecular weight excluding hydrogens is 230 g/mol. The first kappa shape index (κ1) is 14.1. The van der Waals surface area contributed by atoms with Crippen molar-refractivity contribution in [3.8, 4) is 0 Å². The van der Waals surface area contributed by atoms with E-state index < -0.39 is 0 Å². The summed E-state index contributed by atoms with van der Waals surface area (Å²) in [6.07, 6.45) is 5.75. The summed E-state index contributed by atoms with van der Waals surface area (Å²) in [7, 11) is 1.00. The number of aliphatic hydroxyl groups is 1. The minimum absolute atomic E-state index is 0.752. The van der Waals surface area contributed by atoms with Gasteiger partial charge in [0.2, 0.25) is 0 Å². The molecule has 3 rings (SSSR count). The maximum atomic E-state index is 7.00. The molecular formula is C12H19N5O. The molecule has 2 aromatic heterocycles. The fraction of sp³-hybridized carbons (Fsp3) is 0.417. The van der Waals surface area contributed by atoms with Gasteiger partial charge < -0.3 is 15.0 Å². The van der Waals surface area contributed by atoms with Gasteiger partial charge in [-0.1, -0.05) is 0 Å². The van der Waals surface area contributed by atoms with E-state index in [0.29, 0.717) is 0 Å². The zero-order valence-electron chi connectivity index (χ0n) is 10.6. The molecule has 1 fully saturated rings. The number of nitrogens with zero attached hydrogens (tertiary/aromatic N) is 4. The molecule has 0 aliphatic carbocycles. The highest BCUT2D eigenvalue weighted by atomic mass is 16.2. The van der Waals surface area contributed by atoms with Gasteiger partial charge in [0, 0.05) is 20.2 Å². The highest BCUT2D eigenvalue weighted by Crippen LogP contribution is 2.22. The van der Waals surface area contributed by atoms with Crippen molar-refractivity contribution in [1.29, 1.82) is 0 Å². The van der Waals surface area contributed by atoms with Crippen LogP contribution in [0.3, 0.4) is 0 Å². The van der Waals surface area contributed by atoms with Gasteiger partial charge in [0.05, 0.1) is 6.33 Å². The fourth-order valence-corrected chi connectivity index (χ4v) is 1.92. The highest BCUT2D eigenvalue weighted by molar-refractivity contribution is 5.82. The lowest BCUT2D eigenvalue weighted by Crippen LogP contribution is -2.19. The third-order valence-electron chi connectivity index (χ3n) is 2.61. The molecule has 0 amide bonds. The molecule has 6 nitrogen and oxygen atoms in total. The number of fused-ring (bicyclic) bond motifs is 1. The van der Waals surface area contributed by atoms with Gasteiger partial charge in [-0.3, -0.25) is 0 Å². The summed E-state index contributed by atoms with van der Waals surface area (Å²) in [5, 5.41) is 7.00. The van der Waals surface area contributed by atoms with Gasteiger partial charge in [-0.15, -0.1) is 13.2 Å². The Hall–Kier alpha value is -1.95. The molecule has 0 radical (unpaired) electrons. The van der Waals surface area contributed by atoms with E-state index in [1.807, 2.05) is 0 Å². The molecule has 3 heterocycles. The fourth-order valence-electron chi connectivity index (χ4n) is 1.92. The first-order chi connectivity index (χ1) is 8.95. The Kier molecular flexibility index (Phi) is 5.79. The second-order valence-corrected chi connectivity index (χ2v) is 3.49. The molecule has 98 valence electrons. The molecule has 1 aliphatic rings.